The van der Waals surface area contributed by atoms with E-state index in [0.717, 1.165) is 6.07 Å². The number of hydrogen-bond donors (Lipinski definition) is 1. The van der Waals surface area contributed by atoms with Crippen molar-refractivity contribution in [3.05, 3.63) is 40.3 Å². The number of anilines is 1. The number of hydrogen-bond acceptors (Lipinski definition) is 4. The zero-order valence-electron chi connectivity index (χ0n) is 8.92. The molecule has 1 aromatic heterocycles. The first-order chi connectivity index (χ1) is 8.02. The van der Waals surface area contributed by atoms with Gasteiger partial charge in [0.05, 0.1) is 22.5 Å². The van der Waals surface area contributed by atoms with Gasteiger partial charge in [0.1, 0.15) is 0 Å². The van der Waals surface area contributed by atoms with E-state index in [2.05, 4.69) is 5.10 Å². The largest absolute Gasteiger partial charge is 0.396 e. The van der Waals surface area contributed by atoms with Gasteiger partial charge in [-0.15, -0.1) is 0 Å². The van der Waals surface area contributed by atoms with Crippen molar-refractivity contribution in [3.8, 4) is 11.3 Å². The van der Waals surface area contributed by atoms with Crippen LogP contribution in [0.3, 0.4) is 0 Å². The first-order valence-electron chi connectivity index (χ1n) is 4.73. The number of nitro benzene ring substituents is 1. The third kappa shape index (κ3) is 1.71. The van der Waals surface area contributed by atoms with Crippen LogP contribution in [0.4, 0.5) is 15.8 Å². The van der Waals surface area contributed by atoms with Gasteiger partial charge in [-0.25, -0.2) is 0 Å². The molecule has 0 fully saturated rings. The molecule has 0 atom stereocenters. The molecule has 0 spiro atoms. The van der Waals surface area contributed by atoms with Gasteiger partial charge in [0.15, 0.2) is 0 Å². The lowest BCUT2D eigenvalue weighted by molar-refractivity contribution is -0.387. The zero-order chi connectivity index (χ0) is 12.6. The Labute approximate surface area is 95.6 Å². The number of nitrogen functional groups attached to an aromatic ring is 1. The summed E-state index contributed by atoms with van der Waals surface area (Å²) in [4.78, 5) is 9.85. The van der Waals surface area contributed by atoms with Crippen LogP contribution in [0.15, 0.2) is 24.4 Å². The predicted molar refractivity (Wildman–Crippen MR) is 59.7 cm³/mol. The molecule has 7 heteroatoms. The van der Waals surface area contributed by atoms with Gasteiger partial charge < -0.3 is 5.73 Å². The molecule has 0 aliphatic heterocycles. The Morgan fingerprint density at radius 2 is 2.24 bits per heavy atom. The van der Waals surface area contributed by atoms with E-state index in [1.165, 1.54) is 23.0 Å². The second kappa shape index (κ2) is 3.85. The molecule has 0 radical (unpaired) electrons. The number of nitrogens with zero attached hydrogens (tertiary/aromatic N) is 3. The lowest BCUT2D eigenvalue weighted by Gasteiger charge is -2.05. The molecule has 0 bridgehead atoms. The van der Waals surface area contributed by atoms with Crippen LogP contribution >= 0.6 is 0 Å². The normalized spacial score (nSPS) is 10.5. The molecular formula is C10H9FN4O2. The highest BCUT2D eigenvalue weighted by molar-refractivity contribution is 5.74. The van der Waals surface area contributed by atoms with Crippen LogP contribution in [-0.4, -0.2) is 14.7 Å². The van der Waals surface area contributed by atoms with Crippen molar-refractivity contribution < 1.29 is 9.31 Å². The van der Waals surface area contributed by atoms with E-state index in [1.54, 1.807) is 7.05 Å². The maximum absolute atomic E-state index is 13.9. The molecule has 0 aliphatic carbocycles. The molecule has 2 N–H and O–H groups in total. The van der Waals surface area contributed by atoms with Crippen LogP contribution < -0.4 is 5.73 Å². The Kier molecular flexibility index (Phi) is 2.51. The Bertz CT molecular complexity index is 574. The van der Waals surface area contributed by atoms with Crippen molar-refractivity contribution in [1.29, 1.82) is 0 Å². The summed E-state index contributed by atoms with van der Waals surface area (Å²) in [5.41, 5.74) is 5.73. The van der Waals surface area contributed by atoms with Gasteiger partial charge >= 0.3 is 5.69 Å². The molecule has 88 valence electrons. The van der Waals surface area contributed by atoms with Crippen LogP contribution in [0.25, 0.3) is 11.3 Å². The van der Waals surface area contributed by atoms with Gasteiger partial charge in [-0.05, 0) is 6.07 Å². The summed E-state index contributed by atoms with van der Waals surface area (Å²) in [6.45, 7) is 0. The van der Waals surface area contributed by atoms with E-state index in [4.69, 9.17) is 5.73 Å². The molecule has 6 nitrogen and oxygen atoms in total. The minimum atomic E-state index is -0.909. The number of benzene rings is 1. The van der Waals surface area contributed by atoms with Crippen LogP contribution in [-0.2, 0) is 7.05 Å². The molecule has 0 saturated carbocycles. The third-order valence-electron chi connectivity index (χ3n) is 2.40. The van der Waals surface area contributed by atoms with Crippen molar-refractivity contribution in [3.63, 3.8) is 0 Å². The summed E-state index contributed by atoms with van der Waals surface area (Å²) < 4.78 is 15.3. The monoisotopic (exact) mass is 236 g/mol. The molecule has 0 aliphatic rings. The highest BCUT2D eigenvalue weighted by Crippen LogP contribution is 2.31. The summed E-state index contributed by atoms with van der Waals surface area (Å²) in [5, 5.41) is 14.5. The third-order valence-corrected chi connectivity index (χ3v) is 2.40. The number of aryl methyl sites for hydroxylation is 1. The Hall–Kier alpha value is -2.44. The maximum Gasteiger partial charge on any atom is 0.305 e. The second-order valence-corrected chi connectivity index (χ2v) is 3.47. The average Bonchev–Trinajstić information content (AvgIpc) is 2.59. The quantitative estimate of drug-likeness (QED) is 0.635. The van der Waals surface area contributed by atoms with Crippen molar-refractivity contribution in [2.24, 2.45) is 7.05 Å². The summed E-state index contributed by atoms with van der Waals surface area (Å²) in [5.74, 6) is -0.909. The lowest BCUT2D eigenvalue weighted by Crippen LogP contribution is -2.00. The summed E-state index contributed by atoms with van der Waals surface area (Å²) in [7, 11) is 1.59. The van der Waals surface area contributed by atoms with Crippen molar-refractivity contribution in [2.45, 2.75) is 0 Å². The summed E-state index contributed by atoms with van der Waals surface area (Å²) >= 11 is 0. The van der Waals surface area contributed by atoms with E-state index in [9.17, 15) is 14.5 Å². The molecule has 17 heavy (non-hydrogen) atoms. The van der Waals surface area contributed by atoms with Crippen LogP contribution in [0.2, 0.25) is 0 Å². The van der Waals surface area contributed by atoms with E-state index in [-0.39, 0.29) is 11.3 Å². The molecule has 2 aromatic rings. The van der Waals surface area contributed by atoms with E-state index in [1.807, 2.05) is 0 Å². The van der Waals surface area contributed by atoms with Crippen LogP contribution in [0, 0.1) is 15.9 Å². The summed E-state index contributed by atoms with van der Waals surface area (Å²) in [6, 6.07) is 3.93. The van der Waals surface area contributed by atoms with Gasteiger partial charge in [-0.2, -0.15) is 9.49 Å². The predicted octanol–water partition coefficient (Wildman–Crippen LogP) is 1.72. The maximum atomic E-state index is 13.9. The lowest BCUT2D eigenvalue weighted by atomic mass is 10.1. The first-order valence-corrected chi connectivity index (χ1v) is 4.73. The smallest absolute Gasteiger partial charge is 0.305 e. The highest BCUT2D eigenvalue weighted by Gasteiger charge is 2.21. The molecule has 1 aromatic carbocycles. The van der Waals surface area contributed by atoms with E-state index in [0.29, 0.717) is 5.69 Å². The topological polar surface area (TPSA) is 87.0 Å². The number of nitrogens with two attached hydrogens (primary N) is 1. The Morgan fingerprint density at radius 3 is 2.76 bits per heavy atom. The summed E-state index contributed by atoms with van der Waals surface area (Å²) in [6.07, 6.45) is 1.37. The molecular weight excluding hydrogens is 227 g/mol. The van der Waals surface area contributed by atoms with Crippen molar-refractivity contribution >= 4 is 11.4 Å². The number of aromatic nitrogens is 2. The van der Waals surface area contributed by atoms with Gasteiger partial charge in [0.25, 0.3) is 0 Å². The van der Waals surface area contributed by atoms with Gasteiger partial charge in [-0.1, -0.05) is 6.07 Å². The fraction of sp³-hybridized carbons (Fsp3) is 0.100. The van der Waals surface area contributed by atoms with Gasteiger partial charge in [0, 0.05) is 18.7 Å². The van der Waals surface area contributed by atoms with Crippen LogP contribution in [0.5, 0.6) is 0 Å². The Morgan fingerprint density at radius 1 is 1.53 bits per heavy atom. The SMILES string of the molecule is Cn1ncc(N)c1-c1cccc([N+](=O)[O-])c1F. The number of rotatable bonds is 2. The van der Waals surface area contributed by atoms with Gasteiger partial charge in [-0.3, -0.25) is 14.8 Å². The van der Waals surface area contributed by atoms with Crippen LogP contribution in [0.1, 0.15) is 0 Å². The second-order valence-electron chi connectivity index (χ2n) is 3.47. The molecule has 0 saturated heterocycles. The molecule has 2 rings (SSSR count). The molecule has 0 amide bonds. The minimum absolute atomic E-state index is 0.0664. The minimum Gasteiger partial charge on any atom is -0.396 e. The fourth-order valence-electron chi connectivity index (χ4n) is 1.63. The molecule has 1 heterocycles. The standard InChI is InChI=1S/C10H9FN4O2/c1-14-10(7(12)5-13-14)6-3-2-4-8(9(6)11)15(16)17/h2-5H,12H2,1H3. The van der Waals surface area contributed by atoms with E-state index >= 15 is 0 Å². The molecule has 0 unspecified atom stereocenters. The van der Waals surface area contributed by atoms with E-state index < -0.39 is 16.4 Å². The fourth-order valence-corrected chi connectivity index (χ4v) is 1.63. The van der Waals surface area contributed by atoms with Crippen molar-refractivity contribution in [2.75, 3.05) is 5.73 Å². The number of halogens is 1. The Balaban J connectivity index is 2.69. The zero-order valence-corrected chi connectivity index (χ0v) is 8.92. The van der Waals surface area contributed by atoms with Gasteiger partial charge in [0.2, 0.25) is 5.82 Å². The average molecular weight is 236 g/mol. The number of nitro groups is 1. The first kappa shape index (κ1) is 11.1. The highest BCUT2D eigenvalue weighted by atomic mass is 19.1. The van der Waals surface area contributed by atoms with Crippen molar-refractivity contribution in [1.82, 2.24) is 9.78 Å².